The predicted octanol–water partition coefficient (Wildman–Crippen LogP) is 4.65. The Balaban J connectivity index is 2.28. The SMILES string of the molecule is CCNC(Cc1ccc(F)c(F)c1)c1ccc(F)cc1Cl. The van der Waals surface area contributed by atoms with Gasteiger partial charge in [-0.15, -0.1) is 0 Å². The van der Waals surface area contributed by atoms with Crippen molar-refractivity contribution in [2.45, 2.75) is 19.4 Å². The standard InChI is InChI=1S/C16H15ClF3N/c1-2-21-16(12-5-4-11(18)9-13(12)17)8-10-3-6-14(19)15(20)7-10/h3-7,9,16,21H,2,8H2,1H3. The maximum Gasteiger partial charge on any atom is 0.159 e. The molecule has 0 amide bonds. The van der Waals surface area contributed by atoms with Crippen LogP contribution in [0.1, 0.15) is 24.1 Å². The van der Waals surface area contributed by atoms with Crippen LogP contribution in [-0.2, 0) is 6.42 Å². The molecule has 0 aliphatic carbocycles. The van der Waals surface area contributed by atoms with Crippen molar-refractivity contribution in [1.82, 2.24) is 5.32 Å². The molecule has 0 fully saturated rings. The Kier molecular flexibility index (Phi) is 5.26. The number of rotatable bonds is 5. The van der Waals surface area contributed by atoms with E-state index in [1.807, 2.05) is 6.92 Å². The molecule has 0 radical (unpaired) electrons. The molecule has 2 aromatic carbocycles. The van der Waals surface area contributed by atoms with E-state index in [2.05, 4.69) is 5.32 Å². The van der Waals surface area contributed by atoms with Gasteiger partial charge < -0.3 is 5.32 Å². The van der Waals surface area contributed by atoms with E-state index < -0.39 is 17.5 Å². The summed E-state index contributed by atoms with van der Waals surface area (Å²) in [5.74, 6) is -2.17. The maximum absolute atomic E-state index is 13.3. The van der Waals surface area contributed by atoms with Crippen LogP contribution in [0.2, 0.25) is 5.02 Å². The Morgan fingerprint density at radius 1 is 1.05 bits per heavy atom. The zero-order valence-corrected chi connectivity index (χ0v) is 12.2. The minimum atomic E-state index is -0.882. The second kappa shape index (κ2) is 6.96. The minimum Gasteiger partial charge on any atom is -0.310 e. The van der Waals surface area contributed by atoms with E-state index in [1.54, 1.807) is 6.07 Å². The smallest absolute Gasteiger partial charge is 0.159 e. The molecule has 1 N–H and O–H groups in total. The Morgan fingerprint density at radius 3 is 2.43 bits per heavy atom. The lowest BCUT2D eigenvalue weighted by Crippen LogP contribution is -2.23. The molecular weight excluding hydrogens is 299 g/mol. The monoisotopic (exact) mass is 313 g/mol. The van der Waals surface area contributed by atoms with Crippen LogP contribution in [0.5, 0.6) is 0 Å². The van der Waals surface area contributed by atoms with Gasteiger partial charge in [0, 0.05) is 11.1 Å². The summed E-state index contributed by atoms with van der Waals surface area (Å²) in [7, 11) is 0. The van der Waals surface area contributed by atoms with Gasteiger partial charge in [0.2, 0.25) is 0 Å². The molecular formula is C16H15ClF3N. The van der Waals surface area contributed by atoms with Gasteiger partial charge in [0.25, 0.3) is 0 Å². The van der Waals surface area contributed by atoms with E-state index in [1.165, 1.54) is 18.2 Å². The van der Waals surface area contributed by atoms with E-state index in [4.69, 9.17) is 11.6 Å². The third-order valence-corrected chi connectivity index (χ3v) is 3.54. The molecule has 112 valence electrons. The van der Waals surface area contributed by atoms with Crippen molar-refractivity contribution in [2.75, 3.05) is 6.54 Å². The first-order valence-electron chi connectivity index (χ1n) is 6.63. The van der Waals surface area contributed by atoms with Crippen molar-refractivity contribution in [3.8, 4) is 0 Å². The predicted molar refractivity (Wildman–Crippen MR) is 77.9 cm³/mol. The lowest BCUT2D eigenvalue weighted by molar-refractivity contribution is 0.502. The molecule has 0 bridgehead atoms. The van der Waals surface area contributed by atoms with E-state index in [0.29, 0.717) is 23.6 Å². The van der Waals surface area contributed by atoms with Crippen molar-refractivity contribution >= 4 is 11.6 Å². The highest BCUT2D eigenvalue weighted by atomic mass is 35.5. The number of halogens is 4. The van der Waals surface area contributed by atoms with Gasteiger partial charge >= 0.3 is 0 Å². The van der Waals surface area contributed by atoms with E-state index in [9.17, 15) is 13.2 Å². The van der Waals surface area contributed by atoms with Gasteiger partial charge in [0.1, 0.15) is 5.82 Å². The highest BCUT2D eigenvalue weighted by molar-refractivity contribution is 6.31. The van der Waals surface area contributed by atoms with Crippen molar-refractivity contribution in [2.24, 2.45) is 0 Å². The fourth-order valence-electron chi connectivity index (χ4n) is 2.22. The molecule has 0 saturated heterocycles. The Bertz CT molecular complexity index is 631. The summed E-state index contributed by atoms with van der Waals surface area (Å²) in [5, 5.41) is 3.53. The van der Waals surface area contributed by atoms with Crippen molar-refractivity contribution in [3.05, 3.63) is 70.0 Å². The Labute approximate surface area is 126 Å². The number of hydrogen-bond donors (Lipinski definition) is 1. The van der Waals surface area contributed by atoms with Crippen LogP contribution in [0, 0.1) is 17.5 Å². The number of likely N-dealkylation sites (N-methyl/N-ethyl adjacent to an activating group) is 1. The zero-order valence-electron chi connectivity index (χ0n) is 11.5. The van der Waals surface area contributed by atoms with Crippen LogP contribution >= 0.6 is 11.6 Å². The summed E-state index contributed by atoms with van der Waals surface area (Å²) in [6.45, 7) is 2.59. The van der Waals surface area contributed by atoms with E-state index >= 15 is 0 Å². The number of nitrogens with one attached hydrogen (secondary N) is 1. The average molecular weight is 314 g/mol. The van der Waals surface area contributed by atoms with Gasteiger partial charge in [0.05, 0.1) is 0 Å². The molecule has 1 unspecified atom stereocenters. The average Bonchev–Trinajstić information content (AvgIpc) is 2.42. The van der Waals surface area contributed by atoms with Crippen LogP contribution in [-0.4, -0.2) is 6.54 Å². The van der Waals surface area contributed by atoms with Gasteiger partial charge in [-0.1, -0.05) is 30.7 Å². The Hall–Kier alpha value is -1.52. The van der Waals surface area contributed by atoms with Crippen molar-refractivity contribution < 1.29 is 13.2 Å². The molecule has 0 aromatic heterocycles. The van der Waals surface area contributed by atoms with Gasteiger partial charge in [-0.05, 0) is 48.4 Å². The summed E-state index contributed by atoms with van der Waals surface area (Å²) in [5.41, 5.74) is 1.37. The van der Waals surface area contributed by atoms with Crippen LogP contribution in [0.15, 0.2) is 36.4 Å². The fourth-order valence-corrected chi connectivity index (χ4v) is 2.52. The second-order valence-electron chi connectivity index (χ2n) is 4.73. The first-order chi connectivity index (χ1) is 10.0. The number of hydrogen-bond acceptors (Lipinski definition) is 1. The third kappa shape index (κ3) is 3.99. The summed E-state index contributed by atoms with van der Waals surface area (Å²) in [6, 6.07) is 7.76. The molecule has 0 aliphatic heterocycles. The van der Waals surface area contributed by atoms with Gasteiger partial charge in [-0.25, -0.2) is 13.2 Å². The van der Waals surface area contributed by atoms with Crippen molar-refractivity contribution in [1.29, 1.82) is 0 Å². The molecule has 0 saturated carbocycles. The molecule has 0 heterocycles. The topological polar surface area (TPSA) is 12.0 Å². The minimum absolute atomic E-state index is 0.201. The normalized spacial score (nSPS) is 12.4. The highest BCUT2D eigenvalue weighted by Crippen LogP contribution is 2.27. The largest absolute Gasteiger partial charge is 0.310 e. The zero-order chi connectivity index (χ0) is 15.4. The number of benzene rings is 2. The molecule has 21 heavy (non-hydrogen) atoms. The molecule has 1 atom stereocenters. The van der Waals surface area contributed by atoms with Gasteiger partial charge in [-0.3, -0.25) is 0 Å². The third-order valence-electron chi connectivity index (χ3n) is 3.21. The molecule has 0 aliphatic rings. The summed E-state index contributed by atoms with van der Waals surface area (Å²) in [6.07, 6.45) is 0.427. The van der Waals surface area contributed by atoms with Gasteiger partial charge in [-0.2, -0.15) is 0 Å². The summed E-state index contributed by atoms with van der Waals surface area (Å²) >= 11 is 6.07. The van der Waals surface area contributed by atoms with Crippen molar-refractivity contribution in [3.63, 3.8) is 0 Å². The van der Waals surface area contributed by atoms with Gasteiger partial charge in [0.15, 0.2) is 11.6 Å². The summed E-state index contributed by atoms with van der Waals surface area (Å²) < 4.78 is 39.4. The maximum atomic E-state index is 13.3. The second-order valence-corrected chi connectivity index (χ2v) is 5.14. The highest BCUT2D eigenvalue weighted by Gasteiger charge is 2.16. The van der Waals surface area contributed by atoms with Crippen LogP contribution < -0.4 is 5.32 Å². The molecule has 1 nitrogen and oxygen atoms in total. The molecule has 2 rings (SSSR count). The lowest BCUT2D eigenvalue weighted by Gasteiger charge is -2.20. The lowest BCUT2D eigenvalue weighted by atomic mass is 9.98. The first-order valence-corrected chi connectivity index (χ1v) is 7.01. The fraction of sp³-hybridized carbons (Fsp3) is 0.250. The van der Waals surface area contributed by atoms with Crippen LogP contribution in [0.4, 0.5) is 13.2 Å². The summed E-state index contributed by atoms with van der Waals surface area (Å²) in [4.78, 5) is 0. The Morgan fingerprint density at radius 2 is 1.81 bits per heavy atom. The van der Waals surface area contributed by atoms with Crippen LogP contribution in [0.3, 0.4) is 0 Å². The molecule has 5 heteroatoms. The quantitative estimate of drug-likeness (QED) is 0.847. The molecule has 2 aromatic rings. The van der Waals surface area contributed by atoms with E-state index in [-0.39, 0.29) is 6.04 Å². The van der Waals surface area contributed by atoms with Crippen LogP contribution in [0.25, 0.3) is 0 Å². The molecule has 0 spiro atoms. The van der Waals surface area contributed by atoms with E-state index in [0.717, 1.165) is 17.7 Å². The first kappa shape index (κ1) is 15.9.